The highest BCUT2D eigenvalue weighted by Crippen LogP contribution is 2.25. The Hall–Kier alpha value is -3.61. The van der Waals surface area contributed by atoms with E-state index < -0.39 is 0 Å². The Bertz CT molecular complexity index is 988. The average Bonchev–Trinajstić information content (AvgIpc) is 2.69. The molecule has 0 fully saturated rings. The lowest BCUT2D eigenvalue weighted by atomic mass is 10.2. The van der Waals surface area contributed by atoms with Gasteiger partial charge in [-0.2, -0.15) is 0 Å². The number of hydrogen-bond acceptors (Lipinski definition) is 6. The van der Waals surface area contributed by atoms with Crippen molar-refractivity contribution < 1.29 is 14.3 Å². The molecule has 3 rings (SSSR count). The summed E-state index contributed by atoms with van der Waals surface area (Å²) in [5.41, 5.74) is 2.31. The van der Waals surface area contributed by atoms with Crippen LogP contribution in [-0.4, -0.2) is 29.1 Å². The number of ether oxygens (including phenoxy) is 2. The first-order chi connectivity index (χ1) is 13.9. The van der Waals surface area contributed by atoms with Gasteiger partial charge in [-0.25, -0.2) is 9.97 Å². The lowest BCUT2D eigenvalue weighted by molar-refractivity contribution is 0.102. The van der Waals surface area contributed by atoms with E-state index >= 15 is 0 Å². The van der Waals surface area contributed by atoms with Gasteiger partial charge in [0.1, 0.15) is 17.2 Å². The normalized spacial score (nSPS) is 10.5. The molecule has 29 heavy (non-hydrogen) atoms. The molecule has 7 heteroatoms. The summed E-state index contributed by atoms with van der Waals surface area (Å²) in [7, 11) is 1.61. The Morgan fingerprint density at radius 2 is 1.76 bits per heavy atom. The maximum atomic E-state index is 12.8. The maximum absolute atomic E-state index is 12.8. The molecule has 0 saturated heterocycles. The van der Waals surface area contributed by atoms with Crippen LogP contribution in [0.4, 0.5) is 17.3 Å². The van der Waals surface area contributed by atoms with Gasteiger partial charge in [0, 0.05) is 11.4 Å². The molecule has 7 nitrogen and oxygen atoms in total. The highest BCUT2D eigenvalue weighted by molar-refractivity contribution is 6.03. The van der Waals surface area contributed by atoms with Crippen LogP contribution in [0.25, 0.3) is 0 Å². The molecule has 0 aliphatic carbocycles. The maximum Gasteiger partial charge on any atom is 0.274 e. The first kappa shape index (κ1) is 20.1. The van der Waals surface area contributed by atoms with Crippen LogP contribution >= 0.6 is 0 Å². The Kier molecular flexibility index (Phi) is 6.29. The van der Waals surface area contributed by atoms with Crippen molar-refractivity contribution in [2.45, 2.75) is 26.9 Å². The summed E-state index contributed by atoms with van der Waals surface area (Å²) >= 11 is 0. The van der Waals surface area contributed by atoms with Crippen molar-refractivity contribution in [3.8, 4) is 11.5 Å². The molecule has 0 saturated carbocycles. The van der Waals surface area contributed by atoms with Crippen molar-refractivity contribution in [1.29, 1.82) is 0 Å². The summed E-state index contributed by atoms with van der Waals surface area (Å²) in [5, 5.41) is 5.98. The first-order valence-corrected chi connectivity index (χ1v) is 9.28. The number of aryl methyl sites for hydroxylation is 1. The highest BCUT2D eigenvalue weighted by atomic mass is 16.5. The van der Waals surface area contributed by atoms with E-state index in [1.807, 2.05) is 63.2 Å². The molecule has 0 radical (unpaired) electrons. The predicted molar refractivity (Wildman–Crippen MR) is 113 cm³/mol. The fraction of sp³-hybridized carbons (Fsp3) is 0.227. The minimum absolute atomic E-state index is 0.00496. The number of para-hydroxylation sites is 2. The Morgan fingerprint density at radius 1 is 1.03 bits per heavy atom. The van der Waals surface area contributed by atoms with E-state index in [4.69, 9.17) is 9.47 Å². The molecule has 3 aromatic rings. The molecule has 150 valence electrons. The standard InChI is InChI=1S/C22H24N4O3/c1-14(2)29-20-8-6-5-7-18(20)25-21(27)19-13-15(3)23-22(26-19)24-16-9-11-17(28-4)12-10-16/h5-14H,1-4H3,(H,25,27)(H,23,24,26). The van der Waals surface area contributed by atoms with Gasteiger partial charge >= 0.3 is 0 Å². The predicted octanol–water partition coefficient (Wildman–Crippen LogP) is 4.58. The second-order valence-electron chi connectivity index (χ2n) is 6.69. The van der Waals surface area contributed by atoms with Gasteiger partial charge in [-0.1, -0.05) is 12.1 Å². The molecule has 0 unspecified atom stereocenters. The van der Waals surface area contributed by atoms with Crippen molar-refractivity contribution >= 4 is 23.2 Å². The van der Waals surface area contributed by atoms with Crippen LogP contribution in [0.2, 0.25) is 0 Å². The van der Waals surface area contributed by atoms with E-state index in [1.54, 1.807) is 19.2 Å². The Labute approximate surface area is 170 Å². The Morgan fingerprint density at radius 3 is 2.45 bits per heavy atom. The number of amides is 1. The zero-order valence-corrected chi connectivity index (χ0v) is 16.9. The van der Waals surface area contributed by atoms with E-state index in [9.17, 15) is 4.79 Å². The van der Waals surface area contributed by atoms with Crippen molar-refractivity contribution in [1.82, 2.24) is 9.97 Å². The van der Waals surface area contributed by atoms with E-state index in [-0.39, 0.29) is 17.7 Å². The van der Waals surface area contributed by atoms with Crippen LogP contribution in [0.15, 0.2) is 54.6 Å². The third-order valence-corrected chi connectivity index (χ3v) is 3.93. The largest absolute Gasteiger partial charge is 0.497 e. The smallest absolute Gasteiger partial charge is 0.274 e. The number of rotatable bonds is 7. The van der Waals surface area contributed by atoms with Crippen molar-refractivity contribution in [2.75, 3.05) is 17.7 Å². The minimum atomic E-state index is -0.340. The second kappa shape index (κ2) is 9.05. The number of nitrogens with zero attached hydrogens (tertiary/aromatic N) is 2. The topological polar surface area (TPSA) is 85.4 Å². The molecule has 0 atom stereocenters. The molecule has 0 spiro atoms. The van der Waals surface area contributed by atoms with Gasteiger partial charge < -0.3 is 20.1 Å². The summed E-state index contributed by atoms with van der Waals surface area (Å²) in [6, 6.07) is 16.3. The summed E-state index contributed by atoms with van der Waals surface area (Å²) < 4.78 is 10.9. The van der Waals surface area contributed by atoms with Crippen molar-refractivity contribution in [3.63, 3.8) is 0 Å². The van der Waals surface area contributed by atoms with Crippen LogP contribution < -0.4 is 20.1 Å². The van der Waals surface area contributed by atoms with Crippen LogP contribution in [0.5, 0.6) is 11.5 Å². The SMILES string of the molecule is COc1ccc(Nc2nc(C)cc(C(=O)Nc3ccccc3OC(C)C)n2)cc1. The summed E-state index contributed by atoms with van der Waals surface area (Å²) in [6.45, 7) is 5.68. The molecule has 1 heterocycles. The number of benzene rings is 2. The average molecular weight is 392 g/mol. The number of hydrogen-bond donors (Lipinski definition) is 2. The molecular weight excluding hydrogens is 368 g/mol. The third-order valence-electron chi connectivity index (χ3n) is 3.93. The van der Waals surface area contributed by atoms with E-state index in [1.165, 1.54) is 0 Å². The van der Waals surface area contributed by atoms with Crippen molar-refractivity contribution in [2.24, 2.45) is 0 Å². The van der Waals surface area contributed by atoms with E-state index in [0.29, 0.717) is 23.1 Å². The third kappa shape index (κ3) is 5.44. The van der Waals surface area contributed by atoms with Gasteiger partial charge in [-0.05, 0) is 63.2 Å². The van der Waals surface area contributed by atoms with Gasteiger partial charge in [0.2, 0.25) is 5.95 Å². The molecule has 0 aliphatic rings. The van der Waals surface area contributed by atoms with Crippen molar-refractivity contribution in [3.05, 3.63) is 66.0 Å². The molecular formula is C22H24N4O3. The molecule has 1 aromatic heterocycles. The number of anilines is 3. The number of carbonyl (C=O) groups is 1. The summed E-state index contributed by atoms with van der Waals surface area (Å²) in [4.78, 5) is 21.5. The monoisotopic (exact) mass is 392 g/mol. The number of aromatic nitrogens is 2. The van der Waals surface area contributed by atoms with Crippen LogP contribution in [0.1, 0.15) is 30.0 Å². The van der Waals surface area contributed by atoms with Gasteiger partial charge in [0.05, 0.1) is 18.9 Å². The fourth-order valence-corrected chi connectivity index (χ4v) is 2.66. The highest BCUT2D eigenvalue weighted by Gasteiger charge is 2.14. The summed E-state index contributed by atoms with van der Waals surface area (Å²) in [5.74, 6) is 1.36. The Balaban J connectivity index is 1.79. The zero-order chi connectivity index (χ0) is 20.8. The molecule has 0 bridgehead atoms. The van der Waals surface area contributed by atoms with E-state index in [0.717, 1.165) is 11.4 Å². The lowest BCUT2D eigenvalue weighted by Gasteiger charge is -2.15. The van der Waals surface area contributed by atoms with Crippen LogP contribution in [0, 0.1) is 6.92 Å². The number of carbonyl (C=O) groups excluding carboxylic acids is 1. The number of methoxy groups -OCH3 is 1. The molecule has 2 aromatic carbocycles. The first-order valence-electron chi connectivity index (χ1n) is 9.28. The van der Waals surface area contributed by atoms with Gasteiger partial charge in [0.15, 0.2) is 0 Å². The van der Waals surface area contributed by atoms with Crippen LogP contribution in [0.3, 0.4) is 0 Å². The molecule has 0 aliphatic heterocycles. The molecule has 1 amide bonds. The van der Waals surface area contributed by atoms with Gasteiger partial charge in [-0.3, -0.25) is 4.79 Å². The number of nitrogens with one attached hydrogen (secondary N) is 2. The van der Waals surface area contributed by atoms with E-state index in [2.05, 4.69) is 20.6 Å². The molecule has 2 N–H and O–H groups in total. The lowest BCUT2D eigenvalue weighted by Crippen LogP contribution is -2.17. The van der Waals surface area contributed by atoms with Gasteiger partial charge in [-0.15, -0.1) is 0 Å². The van der Waals surface area contributed by atoms with Crippen LogP contribution in [-0.2, 0) is 0 Å². The fourth-order valence-electron chi connectivity index (χ4n) is 2.66. The zero-order valence-electron chi connectivity index (χ0n) is 16.9. The minimum Gasteiger partial charge on any atom is -0.497 e. The quantitative estimate of drug-likeness (QED) is 0.612. The van der Waals surface area contributed by atoms with Gasteiger partial charge in [0.25, 0.3) is 5.91 Å². The summed E-state index contributed by atoms with van der Waals surface area (Å²) in [6.07, 6.45) is -0.00496. The second-order valence-corrected chi connectivity index (χ2v) is 6.69.